The molecule has 1 aromatic rings. The normalized spacial score (nSPS) is 17.6. The van der Waals surface area contributed by atoms with Crippen LogP contribution in [0.1, 0.15) is 17.7 Å². The molecule has 1 heterocycles. The van der Waals surface area contributed by atoms with Crippen LogP contribution in [0.15, 0.2) is 16.3 Å². The lowest BCUT2D eigenvalue weighted by molar-refractivity contribution is 0.582. The van der Waals surface area contributed by atoms with Crippen LogP contribution < -0.4 is 4.72 Å². The van der Waals surface area contributed by atoms with Crippen molar-refractivity contribution in [2.45, 2.75) is 21.8 Å². The van der Waals surface area contributed by atoms with Crippen LogP contribution in [0.3, 0.4) is 0 Å². The Labute approximate surface area is 109 Å². The maximum Gasteiger partial charge on any atom is 0.250 e. The van der Waals surface area contributed by atoms with E-state index in [4.69, 9.17) is 5.26 Å². The van der Waals surface area contributed by atoms with E-state index >= 15 is 0 Å². The summed E-state index contributed by atoms with van der Waals surface area (Å²) in [6.45, 7) is 0.469. The van der Waals surface area contributed by atoms with E-state index in [1.165, 1.54) is 12.1 Å². The van der Waals surface area contributed by atoms with Crippen molar-refractivity contribution in [2.75, 3.05) is 12.8 Å². The van der Waals surface area contributed by atoms with Gasteiger partial charge in [-0.3, -0.25) is 0 Å². The summed E-state index contributed by atoms with van der Waals surface area (Å²) < 4.78 is 26.8. The van der Waals surface area contributed by atoms with Crippen LogP contribution in [0.2, 0.25) is 0 Å². The van der Waals surface area contributed by atoms with Crippen LogP contribution in [0, 0.1) is 11.3 Å². The van der Waals surface area contributed by atoms with E-state index in [2.05, 4.69) is 4.72 Å². The molecule has 0 aliphatic heterocycles. The zero-order chi connectivity index (χ0) is 12.5. The molecule has 0 spiro atoms. The van der Waals surface area contributed by atoms with Crippen molar-refractivity contribution in [1.29, 1.82) is 5.26 Å². The molecule has 92 valence electrons. The number of thiophene rings is 1. The fraction of sp³-hybridized carbons (Fsp3) is 0.500. The van der Waals surface area contributed by atoms with Gasteiger partial charge in [0.2, 0.25) is 10.0 Å². The van der Waals surface area contributed by atoms with Gasteiger partial charge in [-0.15, -0.1) is 11.3 Å². The lowest BCUT2D eigenvalue weighted by atomic mass is 10.4. The highest BCUT2D eigenvalue weighted by molar-refractivity contribution is 8.00. The standard InChI is InChI=1S/C10H12N2O2S3/c1-15-10(4-5-10)7-12-17(13,14)9-3-2-8(6-11)16-9/h2-3,12H,4-5,7H2,1H3. The first kappa shape index (κ1) is 12.9. The van der Waals surface area contributed by atoms with Crippen molar-refractivity contribution >= 4 is 33.1 Å². The first-order chi connectivity index (χ1) is 8.01. The van der Waals surface area contributed by atoms with Gasteiger partial charge in [0, 0.05) is 11.3 Å². The lowest BCUT2D eigenvalue weighted by Crippen LogP contribution is -2.31. The summed E-state index contributed by atoms with van der Waals surface area (Å²) in [5.41, 5.74) is 0. The van der Waals surface area contributed by atoms with E-state index < -0.39 is 10.0 Å². The fourth-order valence-electron chi connectivity index (χ4n) is 1.41. The monoisotopic (exact) mass is 288 g/mol. The fourth-order valence-corrected chi connectivity index (χ4v) is 4.51. The Morgan fingerprint density at radius 1 is 1.59 bits per heavy atom. The van der Waals surface area contributed by atoms with Gasteiger partial charge in [-0.1, -0.05) is 0 Å². The van der Waals surface area contributed by atoms with E-state index in [0.29, 0.717) is 11.4 Å². The predicted octanol–water partition coefficient (Wildman–Crippen LogP) is 1.79. The van der Waals surface area contributed by atoms with E-state index in [9.17, 15) is 8.42 Å². The Morgan fingerprint density at radius 2 is 2.29 bits per heavy atom. The van der Waals surface area contributed by atoms with E-state index in [0.717, 1.165) is 24.2 Å². The van der Waals surface area contributed by atoms with E-state index in [-0.39, 0.29) is 8.96 Å². The second-order valence-corrected chi connectivity index (χ2v) is 8.29. The van der Waals surface area contributed by atoms with Crippen molar-refractivity contribution in [3.63, 3.8) is 0 Å². The summed E-state index contributed by atoms with van der Waals surface area (Å²) in [5, 5.41) is 8.67. The van der Waals surface area contributed by atoms with Crippen LogP contribution in [-0.2, 0) is 10.0 Å². The Morgan fingerprint density at radius 3 is 2.76 bits per heavy atom. The Hall–Kier alpha value is -0.550. The number of rotatable bonds is 5. The molecule has 1 aliphatic rings. The maximum atomic E-state index is 11.9. The van der Waals surface area contributed by atoms with Crippen molar-refractivity contribution in [3.8, 4) is 6.07 Å². The summed E-state index contributed by atoms with van der Waals surface area (Å²) in [6, 6.07) is 4.94. The van der Waals surface area contributed by atoms with Crippen molar-refractivity contribution in [3.05, 3.63) is 17.0 Å². The van der Waals surface area contributed by atoms with Crippen molar-refractivity contribution in [2.24, 2.45) is 0 Å². The number of nitrogens with zero attached hydrogens (tertiary/aromatic N) is 1. The summed E-state index contributed by atoms with van der Waals surface area (Å²) in [7, 11) is -3.45. The Balaban J connectivity index is 2.06. The molecule has 0 radical (unpaired) electrons. The van der Waals surface area contributed by atoms with Gasteiger partial charge in [0.25, 0.3) is 0 Å². The largest absolute Gasteiger partial charge is 0.250 e. The molecule has 1 N–H and O–H groups in total. The summed E-state index contributed by atoms with van der Waals surface area (Å²) in [4.78, 5) is 0.413. The number of sulfonamides is 1. The lowest BCUT2D eigenvalue weighted by Gasteiger charge is -2.12. The minimum absolute atomic E-state index is 0.0996. The molecule has 0 amide bonds. The van der Waals surface area contributed by atoms with E-state index in [1.54, 1.807) is 11.8 Å². The first-order valence-electron chi connectivity index (χ1n) is 5.06. The Bertz CT molecular complexity index is 552. The number of nitriles is 1. The van der Waals surface area contributed by atoms with Gasteiger partial charge in [-0.05, 0) is 31.2 Å². The molecule has 0 aromatic carbocycles. The predicted molar refractivity (Wildman–Crippen MR) is 69.7 cm³/mol. The molecular formula is C10H12N2O2S3. The van der Waals surface area contributed by atoms with Crippen LogP contribution in [0.4, 0.5) is 0 Å². The van der Waals surface area contributed by atoms with Gasteiger partial charge >= 0.3 is 0 Å². The molecular weight excluding hydrogens is 276 g/mol. The average molecular weight is 288 g/mol. The second-order valence-electron chi connectivity index (χ2n) is 3.94. The topological polar surface area (TPSA) is 70.0 Å². The summed E-state index contributed by atoms with van der Waals surface area (Å²) in [5.74, 6) is 0. The SMILES string of the molecule is CSC1(CNS(=O)(=O)c2ccc(C#N)s2)CC1. The molecule has 0 atom stereocenters. The molecule has 1 aliphatic carbocycles. The molecule has 2 rings (SSSR count). The van der Waals surface area contributed by atoms with Gasteiger partial charge < -0.3 is 0 Å². The molecule has 0 unspecified atom stereocenters. The number of hydrogen-bond donors (Lipinski definition) is 1. The van der Waals surface area contributed by atoms with Crippen LogP contribution in [0.25, 0.3) is 0 Å². The third-order valence-corrected chi connectivity index (χ3v) is 7.08. The number of thioether (sulfide) groups is 1. The van der Waals surface area contributed by atoms with Gasteiger partial charge in [-0.25, -0.2) is 13.1 Å². The average Bonchev–Trinajstić information content (AvgIpc) is 2.94. The molecule has 7 heteroatoms. The Kier molecular flexibility index (Phi) is 3.50. The highest BCUT2D eigenvalue weighted by atomic mass is 32.2. The molecule has 1 fully saturated rings. The van der Waals surface area contributed by atoms with Crippen LogP contribution in [0.5, 0.6) is 0 Å². The zero-order valence-corrected chi connectivity index (χ0v) is 11.7. The van der Waals surface area contributed by atoms with Crippen LogP contribution >= 0.6 is 23.1 Å². The minimum Gasteiger partial charge on any atom is -0.209 e. The summed E-state index contributed by atoms with van der Waals surface area (Å²) >= 11 is 2.71. The van der Waals surface area contributed by atoms with Gasteiger partial charge in [0.15, 0.2) is 0 Å². The molecule has 4 nitrogen and oxygen atoms in total. The van der Waals surface area contributed by atoms with Crippen molar-refractivity contribution < 1.29 is 8.42 Å². The van der Waals surface area contributed by atoms with Gasteiger partial charge in [-0.2, -0.15) is 17.0 Å². The third kappa shape index (κ3) is 2.83. The molecule has 0 saturated heterocycles. The quantitative estimate of drug-likeness (QED) is 0.897. The summed E-state index contributed by atoms with van der Waals surface area (Å²) in [6.07, 6.45) is 4.12. The molecule has 1 saturated carbocycles. The van der Waals surface area contributed by atoms with E-state index in [1.807, 2.05) is 12.3 Å². The third-order valence-electron chi connectivity index (χ3n) is 2.78. The molecule has 17 heavy (non-hydrogen) atoms. The van der Waals surface area contributed by atoms with Crippen LogP contribution in [-0.4, -0.2) is 26.0 Å². The highest BCUT2D eigenvalue weighted by Crippen LogP contribution is 2.46. The molecule has 0 bridgehead atoms. The smallest absolute Gasteiger partial charge is 0.209 e. The van der Waals surface area contributed by atoms with Gasteiger partial charge in [0.1, 0.15) is 15.2 Å². The number of nitrogens with one attached hydrogen (secondary N) is 1. The van der Waals surface area contributed by atoms with Crippen molar-refractivity contribution in [1.82, 2.24) is 4.72 Å². The first-order valence-corrected chi connectivity index (χ1v) is 8.59. The zero-order valence-electron chi connectivity index (χ0n) is 9.26. The van der Waals surface area contributed by atoms with Gasteiger partial charge in [0.05, 0.1) is 0 Å². The minimum atomic E-state index is -3.45. The number of hydrogen-bond acceptors (Lipinski definition) is 5. The molecule has 1 aromatic heterocycles. The highest BCUT2D eigenvalue weighted by Gasteiger charge is 2.42. The maximum absolute atomic E-state index is 11.9. The second kappa shape index (κ2) is 4.61.